The van der Waals surface area contributed by atoms with Gasteiger partial charge in [-0.05, 0) is 23.8 Å². The Morgan fingerprint density at radius 1 is 1.18 bits per heavy atom. The van der Waals surface area contributed by atoms with Crippen LogP contribution in [0.25, 0.3) is 5.57 Å². The summed E-state index contributed by atoms with van der Waals surface area (Å²) in [5, 5.41) is 8.92. The summed E-state index contributed by atoms with van der Waals surface area (Å²) in [4.78, 5) is 24.9. The maximum Gasteiger partial charge on any atom is 0.329 e. The number of hydrogen-bond donors (Lipinski definition) is 1. The number of aliphatic carboxylic acids is 1. The maximum atomic E-state index is 13.4. The van der Waals surface area contributed by atoms with Crippen LogP contribution in [0.2, 0.25) is 0 Å². The number of halogens is 1. The Labute approximate surface area is 126 Å². The van der Waals surface area contributed by atoms with Gasteiger partial charge in [0.1, 0.15) is 5.82 Å². The van der Waals surface area contributed by atoms with Crippen LogP contribution in [-0.4, -0.2) is 17.0 Å². The molecule has 1 aliphatic rings. The number of fused-ring (bicyclic) bond motifs is 1. The fraction of sp³-hybridized carbons (Fsp3) is 0.0588. The zero-order valence-electron chi connectivity index (χ0n) is 11.5. The van der Waals surface area contributed by atoms with E-state index >= 15 is 0 Å². The van der Waals surface area contributed by atoms with Crippen LogP contribution in [0.5, 0.6) is 0 Å². The lowest BCUT2D eigenvalue weighted by atomic mass is 10.1. The highest BCUT2D eigenvalue weighted by molar-refractivity contribution is 6.34. The zero-order chi connectivity index (χ0) is 15.7. The molecular weight excluding hydrogens is 285 g/mol. The number of hydrogen-bond acceptors (Lipinski definition) is 2. The van der Waals surface area contributed by atoms with Gasteiger partial charge in [-0.25, -0.2) is 9.18 Å². The van der Waals surface area contributed by atoms with E-state index in [2.05, 4.69) is 0 Å². The Morgan fingerprint density at radius 3 is 2.59 bits per heavy atom. The monoisotopic (exact) mass is 297 g/mol. The number of carbonyl (C=O) groups excluding carboxylic acids is 1. The third kappa shape index (κ3) is 2.48. The average molecular weight is 297 g/mol. The van der Waals surface area contributed by atoms with E-state index < -0.39 is 17.7 Å². The molecular formula is C17H12FNO3. The van der Waals surface area contributed by atoms with E-state index in [1.54, 1.807) is 0 Å². The Bertz CT molecular complexity index is 784. The number of nitrogens with zero attached hydrogens (tertiary/aromatic N) is 1. The van der Waals surface area contributed by atoms with Crippen LogP contribution in [0.15, 0.2) is 54.6 Å². The lowest BCUT2D eigenvalue weighted by molar-refractivity contribution is -0.131. The minimum atomic E-state index is -1.24. The molecule has 1 aliphatic heterocycles. The Hall–Kier alpha value is -2.95. The second kappa shape index (κ2) is 5.44. The van der Waals surface area contributed by atoms with Crippen LogP contribution in [0.1, 0.15) is 11.1 Å². The average Bonchev–Trinajstić information content (AvgIpc) is 2.73. The van der Waals surface area contributed by atoms with E-state index in [1.165, 1.54) is 23.1 Å². The topological polar surface area (TPSA) is 57.6 Å². The van der Waals surface area contributed by atoms with Gasteiger partial charge in [0.2, 0.25) is 0 Å². The smallest absolute Gasteiger partial charge is 0.329 e. The summed E-state index contributed by atoms with van der Waals surface area (Å²) in [6, 6.07) is 13.3. The van der Waals surface area contributed by atoms with E-state index in [9.17, 15) is 14.0 Å². The molecule has 2 aromatic rings. The SMILES string of the molecule is O=C(O)/C=C1/C(=O)N(Cc2ccccc2)c2ccc(F)cc21. The molecule has 0 radical (unpaired) electrons. The lowest BCUT2D eigenvalue weighted by Gasteiger charge is -2.17. The molecule has 1 amide bonds. The quantitative estimate of drug-likeness (QED) is 0.886. The Kier molecular flexibility index (Phi) is 3.47. The first-order valence-corrected chi connectivity index (χ1v) is 6.66. The molecule has 110 valence electrons. The van der Waals surface area contributed by atoms with Crippen molar-refractivity contribution in [3.8, 4) is 0 Å². The summed E-state index contributed by atoms with van der Waals surface area (Å²) >= 11 is 0. The van der Waals surface area contributed by atoms with Crippen molar-refractivity contribution in [3.63, 3.8) is 0 Å². The van der Waals surface area contributed by atoms with Crippen molar-refractivity contribution in [2.45, 2.75) is 6.54 Å². The van der Waals surface area contributed by atoms with Gasteiger partial charge in [0.25, 0.3) is 5.91 Å². The number of rotatable bonds is 3. The normalized spacial score (nSPS) is 15.2. The highest BCUT2D eigenvalue weighted by Gasteiger charge is 2.33. The minimum absolute atomic E-state index is 0.00192. The predicted octanol–water partition coefficient (Wildman–Crippen LogP) is 2.84. The highest BCUT2D eigenvalue weighted by Crippen LogP contribution is 2.38. The largest absolute Gasteiger partial charge is 0.478 e. The summed E-state index contributed by atoms with van der Waals surface area (Å²) in [6.45, 7) is 0.301. The molecule has 0 saturated carbocycles. The van der Waals surface area contributed by atoms with Gasteiger partial charge in [-0.2, -0.15) is 0 Å². The number of anilines is 1. The number of carbonyl (C=O) groups is 2. The van der Waals surface area contributed by atoms with Crippen LogP contribution >= 0.6 is 0 Å². The first kappa shape index (κ1) is 14.0. The van der Waals surface area contributed by atoms with Gasteiger partial charge in [-0.15, -0.1) is 0 Å². The van der Waals surface area contributed by atoms with Crippen LogP contribution in [0, 0.1) is 5.82 Å². The molecule has 1 N–H and O–H groups in total. The number of benzene rings is 2. The predicted molar refractivity (Wildman–Crippen MR) is 79.6 cm³/mol. The van der Waals surface area contributed by atoms with Crippen molar-refractivity contribution in [2.24, 2.45) is 0 Å². The van der Waals surface area contributed by atoms with Gasteiger partial charge in [-0.1, -0.05) is 30.3 Å². The zero-order valence-corrected chi connectivity index (χ0v) is 11.5. The molecule has 3 rings (SSSR count). The lowest BCUT2D eigenvalue weighted by Crippen LogP contribution is -2.25. The maximum absolute atomic E-state index is 13.4. The first-order valence-electron chi connectivity index (χ1n) is 6.66. The highest BCUT2D eigenvalue weighted by atomic mass is 19.1. The molecule has 0 atom stereocenters. The van der Waals surface area contributed by atoms with Crippen LogP contribution in [0.4, 0.5) is 10.1 Å². The van der Waals surface area contributed by atoms with Gasteiger partial charge in [0, 0.05) is 11.6 Å². The Balaban J connectivity index is 2.06. The number of carboxylic acids is 1. The van der Waals surface area contributed by atoms with Crippen LogP contribution in [-0.2, 0) is 16.1 Å². The molecule has 0 spiro atoms. The Morgan fingerprint density at radius 2 is 1.91 bits per heavy atom. The molecule has 0 fully saturated rings. The van der Waals surface area contributed by atoms with Gasteiger partial charge in [-0.3, -0.25) is 4.79 Å². The molecule has 4 nitrogen and oxygen atoms in total. The summed E-state index contributed by atoms with van der Waals surface area (Å²) in [6.07, 6.45) is 0.825. The van der Waals surface area contributed by atoms with Crippen molar-refractivity contribution >= 4 is 23.1 Å². The van der Waals surface area contributed by atoms with E-state index in [0.717, 1.165) is 11.6 Å². The van der Waals surface area contributed by atoms with E-state index in [1.807, 2.05) is 30.3 Å². The molecule has 22 heavy (non-hydrogen) atoms. The third-order valence-corrected chi connectivity index (χ3v) is 3.47. The second-order valence-corrected chi connectivity index (χ2v) is 4.93. The second-order valence-electron chi connectivity index (χ2n) is 4.93. The van der Waals surface area contributed by atoms with E-state index in [-0.39, 0.29) is 5.57 Å². The minimum Gasteiger partial charge on any atom is -0.478 e. The van der Waals surface area contributed by atoms with Crippen molar-refractivity contribution in [1.29, 1.82) is 0 Å². The van der Waals surface area contributed by atoms with Crippen LogP contribution < -0.4 is 4.90 Å². The molecule has 2 aromatic carbocycles. The molecule has 5 heteroatoms. The van der Waals surface area contributed by atoms with E-state index in [0.29, 0.717) is 17.8 Å². The summed E-state index contributed by atoms with van der Waals surface area (Å²) in [7, 11) is 0. The van der Waals surface area contributed by atoms with E-state index in [4.69, 9.17) is 5.11 Å². The summed E-state index contributed by atoms with van der Waals surface area (Å²) < 4.78 is 13.4. The summed E-state index contributed by atoms with van der Waals surface area (Å²) in [5.74, 6) is -2.18. The third-order valence-electron chi connectivity index (χ3n) is 3.47. The molecule has 0 aromatic heterocycles. The van der Waals surface area contributed by atoms with Crippen molar-refractivity contribution in [2.75, 3.05) is 4.90 Å². The van der Waals surface area contributed by atoms with Crippen molar-refractivity contribution in [3.05, 3.63) is 71.6 Å². The fourth-order valence-corrected chi connectivity index (χ4v) is 2.52. The number of amides is 1. The van der Waals surface area contributed by atoms with Gasteiger partial charge in [0.05, 0.1) is 17.8 Å². The van der Waals surface area contributed by atoms with Crippen molar-refractivity contribution < 1.29 is 19.1 Å². The first-order chi connectivity index (χ1) is 10.6. The summed E-state index contributed by atoms with van der Waals surface area (Å²) in [5.41, 5.74) is 1.73. The van der Waals surface area contributed by atoms with Crippen molar-refractivity contribution in [1.82, 2.24) is 0 Å². The van der Waals surface area contributed by atoms with Gasteiger partial charge >= 0.3 is 5.97 Å². The molecule has 0 bridgehead atoms. The fourth-order valence-electron chi connectivity index (χ4n) is 2.52. The van der Waals surface area contributed by atoms with Crippen LogP contribution in [0.3, 0.4) is 0 Å². The standard InChI is InChI=1S/C17H12FNO3/c18-12-6-7-15-13(8-12)14(9-16(20)21)17(22)19(15)10-11-4-2-1-3-5-11/h1-9H,10H2,(H,20,21)/b14-9+. The molecule has 0 saturated heterocycles. The molecule has 0 unspecified atom stereocenters. The molecule has 1 heterocycles. The van der Waals surface area contributed by atoms with Gasteiger partial charge in [0.15, 0.2) is 0 Å². The number of carboxylic acid groups (broad SMARTS) is 1. The van der Waals surface area contributed by atoms with Gasteiger partial charge < -0.3 is 10.0 Å². The molecule has 0 aliphatic carbocycles.